The highest BCUT2D eigenvalue weighted by Crippen LogP contribution is 2.40. The van der Waals surface area contributed by atoms with Gasteiger partial charge in [-0.3, -0.25) is 0 Å². The maximum absolute atomic E-state index is 4.76. The lowest BCUT2D eigenvalue weighted by Crippen LogP contribution is -2.09. The molecular formula is C20H23N3S. The lowest BCUT2D eigenvalue weighted by molar-refractivity contribution is 0.509. The van der Waals surface area contributed by atoms with E-state index < -0.39 is 0 Å². The molecule has 0 amide bonds. The molecule has 0 saturated carbocycles. The lowest BCUT2D eigenvalue weighted by Gasteiger charge is -2.18. The third-order valence-corrected chi connectivity index (χ3v) is 6.07. The summed E-state index contributed by atoms with van der Waals surface area (Å²) in [6, 6.07) is 8.50. The summed E-state index contributed by atoms with van der Waals surface area (Å²) in [6.45, 7) is 6.52. The molecule has 0 fully saturated rings. The van der Waals surface area contributed by atoms with Crippen LogP contribution in [0.4, 0.5) is 11.5 Å². The van der Waals surface area contributed by atoms with Crippen LogP contribution in [-0.2, 0) is 19.3 Å². The summed E-state index contributed by atoms with van der Waals surface area (Å²) in [5.74, 6) is 2.59. The summed E-state index contributed by atoms with van der Waals surface area (Å²) < 4.78 is 0. The Morgan fingerprint density at radius 2 is 2.08 bits per heavy atom. The SMILES string of the molecule is CCc1ccccc1Nc1nc(C)nc2sc3c(c12)CC[C@@H](C)C3. The Bertz CT molecular complexity index is 897. The number of hydrogen-bond donors (Lipinski definition) is 1. The van der Waals surface area contributed by atoms with Crippen LogP contribution in [0.2, 0.25) is 0 Å². The van der Waals surface area contributed by atoms with Crippen molar-refractivity contribution in [3.63, 3.8) is 0 Å². The average Bonchev–Trinajstić information content (AvgIpc) is 2.92. The number of para-hydroxylation sites is 1. The Kier molecular flexibility index (Phi) is 4.01. The number of thiophene rings is 1. The maximum atomic E-state index is 4.76. The third kappa shape index (κ3) is 2.69. The molecule has 1 atom stereocenters. The molecule has 2 heterocycles. The van der Waals surface area contributed by atoms with Crippen molar-refractivity contribution in [1.29, 1.82) is 0 Å². The zero-order valence-electron chi connectivity index (χ0n) is 14.5. The van der Waals surface area contributed by atoms with E-state index in [4.69, 9.17) is 9.97 Å². The molecule has 0 spiro atoms. The zero-order chi connectivity index (χ0) is 16.7. The summed E-state index contributed by atoms with van der Waals surface area (Å²) >= 11 is 1.86. The van der Waals surface area contributed by atoms with Gasteiger partial charge in [-0.15, -0.1) is 11.3 Å². The van der Waals surface area contributed by atoms with Crippen molar-refractivity contribution >= 4 is 33.1 Å². The van der Waals surface area contributed by atoms with Crippen LogP contribution < -0.4 is 5.32 Å². The molecule has 1 N–H and O–H groups in total. The largest absolute Gasteiger partial charge is 0.339 e. The lowest BCUT2D eigenvalue weighted by atomic mass is 9.89. The van der Waals surface area contributed by atoms with Crippen molar-refractivity contribution < 1.29 is 0 Å². The van der Waals surface area contributed by atoms with Crippen LogP contribution in [0.25, 0.3) is 10.2 Å². The highest BCUT2D eigenvalue weighted by Gasteiger charge is 2.23. The van der Waals surface area contributed by atoms with Gasteiger partial charge in [0.05, 0.1) is 5.39 Å². The fourth-order valence-corrected chi connectivity index (χ4v) is 5.05. The van der Waals surface area contributed by atoms with Crippen LogP contribution in [0.1, 0.15) is 42.1 Å². The Morgan fingerprint density at radius 1 is 1.25 bits per heavy atom. The fourth-order valence-electron chi connectivity index (χ4n) is 3.62. The van der Waals surface area contributed by atoms with E-state index in [9.17, 15) is 0 Å². The van der Waals surface area contributed by atoms with Gasteiger partial charge in [0.2, 0.25) is 0 Å². The molecule has 24 heavy (non-hydrogen) atoms. The van der Waals surface area contributed by atoms with Gasteiger partial charge in [0.25, 0.3) is 0 Å². The molecule has 4 rings (SSSR count). The van der Waals surface area contributed by atoms with E-state index in [2.05, 4.69) is 43.4 Å². The normalized spacial score (nSPS) is 17.0. The Morgan fingerprint density at radius 3 is 2.92 bits per heavy atom. The summed E-state index contributed by atoms with van der Waals surface area (Å²) in [4.78, 5) is 12.1. The first-order valence-electron chi connectivity index (χ1n) is 8.79. The average molecular weight is 337 g/mol. The van der Waals surface area contributed by atoms with Gasteiger partial charge in [-0.2, -0.15) is 0 Å². The van der Waals surface area contributed by atoms with Gasteiger partial charge in [-0.25, -0.2) is 9.97 Å². The van der Waals surface area contributed by atoms with Gasteiger partial charge >= 0.3 is 0 Å². The Labute approximate surface area is 147 Å². The van der Waals surface area contributed by atoms with Gasteiger partial charge in [-0.05, 0) is 55.7 Å². The quantitative estimate of drug-likeness (QED) is 0.692. The second-order valence-electron chi connectivity index (χ2n) is 6.79. The smallest absolute Gasteiger partial charge is 0.143 e. The number of benzene rings is 1. The summed E-state index contributed by atoms with van der Waals surface area (Å²) in [5, 5.41) is 4.86. The molecular weight excluding hydrogens is 314 g/mol. The molecule has 0 radical (unpaired) electrons. The van der Waals surface area contributed by atoms with Crippen LogP contribution >= 0.6 is 11.3 Å². The Hall–Kier alpha value is -1.94. The highest BCUT2D eigenvalue weighted by atomic mass is 32.1. The van der Waals surface area contributed by atoms with E-state index in [1.807, 2.05) is 18.3 Å². The summed E-state index contributed by atoms with van der Waals surface area (Å²) in [7, 11) is 0. The number of aromatic nitrogens is 2. The van der Waals surface area contributed by atoms with Crippen LogP contribution in [0.15, 0.2) is 24.3 Å². The van der Waals surface area contributed by atoms with Gasteiger partial charge in [0, 0.05) is 10.6 Å². The van der Waals surface area contributed by atoms with E-state index in [-0.39, 0.29) is 0 Å². The number of nitrogens with one attached hydrogen (secondary N) is 1. The maximum Gasteiger partial charge on any atom is 0.143 e. The van der Waals surface area contributed by atoms with Crippen LogP contribution in [0.3, 0.4) is 0 Å². The van der Waals surface area contributed by atoms with Gasteiger partial charge in [-0.1, -0.05) is 32.0 Å². The first-order chi connectivity index (χ1) is 11.7. The van der Waals surface area contributed by atoms with E-state index >= 15 is 0 Å². The van der Waals surface area contributed by atoms with Crippen molar-refractivity contribution in [3.05, 3.63) is 46.1 Å². The second kappa shape index (κ2) is 6.17. The van der Waals surface area contributed by atoms with Crippen molar-refractivity contribution in [2.75, 3.05) is 5.32 Å². The Balaban J connectivity index is 1.85. The first kappa shape index (κ1) is 15.6. The van der Waals surface area contributed by atoms with Crippen molar-refractivity contribution in [1.82, 2.24) is 9.97 Å². The van der Waals surface area contributed by atoms with Crippen molar-refractivity contribution in [3.8, 4) is 0 Å². The predicted octanol–water partition coefficient (Wildman–Crippen LogP) is 5.43. The molecule has 1 aromatic carbocycles. The van der Waals surface area contributed by atoms with E-state index in [1.54, 1.807) is 0 Å². The monoisotopic (exact) mass is 337 g/mol. The fraction of sp³-hybridized carbons (Fsp3) is 0.400. The van der Waals surface area contributed by atoms with E-state index in [0.717, 1.165) is 40.9 Å². The molecule has 3 aromatic rings. The summed E-state index contributed by atoms with van der Waals surface area (Å²) in [6.07, 6.45) is 4.60. The van der Waals surface area contributed by atoms with Gasteiger partial charge in [0.15, 0.2) is 0 Å². The third-order valence-electron chi connectivity index (χ3n) is 4.92. The molecule has 0 aliphatic heterocycles. The highest BCUT2D eigenvalue weighted by molar-refractivity contribution is 7.19. The number of nitrogens with zero attached hydrogens (tertiary/aromatic N) is 2. The molecule has 0 saturated heterocycles. The van der Waals surface area contributed by atoms with Gasteiger partial charge < -0.3 is 5.32 Å². The number of rotatable bonds is 3. The minimum absolute atomic E-state index is 0.775. The molecule has 1 aliphatic rings. The minimum atomic E-state index is 0.775. The zero-order valence-corrected chi connectivity index (χ0v) is 15.3. The number of fused-ring (bicyclic) bond motifs is 3. The van der Waals surface area contributed by atoms with Crippen LogP contribution in [0.5, 0.6) is 0 Å². The molecule has 3 nitrogen and oxygen atoms in total. The predicted molar refractivity (Wildman–Crippen MR) is 102 cm³/mol. The topological polar surface area (TPSA) is 37.8 Å². The molecule has 124 valence electrons. The standard InChI is InChI=1S/C20H23N3S/c1-4-14-7-5-6-8-16(14)23-19-18-15-10-9-12(2)11-17(15)24-20(18)22-13(3)21-19/h5-8,12H,4,9-11H2,1-3H3,(H,21,22,23)/t12-/m1/s1. The van der Waals surface area contributed by atoms with Crippen LogP contribution in [0, 0.1) is 12.8 Å². The molecule has 1 aliphatic carbocycles. The molecule has 0 unspecified atom stereocenters. The first-order valence-corrected chi connectivity index (χ1v) is 9.61. The van der Waals surface area contributed by atoms with Crippen molar-refractivity contribution in [2.24, 2.45) is 5.92 Å². The number of anilines is 2. The second-order valence-corrected chi connectivity index (χ2v) is 7.87. The van der Waals surface area contributed by atoms with E-state index in [1.165, 1.54) is 34.2 Å². The van der Waals surface area contributed by atoms with E-state index in [0.29, 0.717) is 0 Å². The minimum Gasteiger partial charge on any atom is -0.339 e. The van der Waals surface area contributed by atoms with Gasteiger partial charge in [0.1, 0.15) is 16.5 Å². The molecule has 4 heteroatoms. The van der Waals surface area contributed by atoms with Crippen molar-refractivity contribution in [2.45, 2.75) is 46.5 Å². The number of aryl methyl sites for hydroxylation is 3. The summed E-state index contributed by atoms with van der Waals surface area (Å²) in [5.41, 5.74) is 3.95. The van der Waals surface area contributed by atoms with Crippen LogP contribution in [-0.4, -0.2) is 9.97 Å². The molecule has 2 aromatic heterocycles. The number of hydrogen-bond acceptors (Lipinski definition) is 4. The molecule has 0 bridgehead atoms.